The summed E-state index contributed by atoms with van der Waals surface area (Å²) in [6.07, 6.45) is -0.121. The standard InChI is InChI=1S/C23H32N4O4S/c1-5-27(6-2)20-11-7-19(8-12-20)23(29)26-25-22(28)15-16-24-32(30,31)21-13-9-18(10-14-21)17(3)4/h7-14,17,24H,5-6,15-16H2,1-4H3,(H,25,28)(H,26,29). The van der Waals surface area contributed by atoms with Gasteiger partial charge in [0.15, 0.2) is 0 Å². The van der Waals surface area contributed by atoms with Crippen LogP contribution >= 0.6 is 0 Å². The molecule has 0 heterocycles. The Labute approximate surface area is 190 Å². The molecule has 0 fully saturated rings. The molecule has 0 saturated carbocycles. The molecular formula is C23H32N4O4S. The maximum Gasteiger partial charge on any atom is 0.269 e. The van der Waals surface area contributed by atoms with E-state index in [0.29, 0.717) is 11.5 Å². The molecule has 0 unspecified atom stereocenters. The van der Waals surface area contributed by atoms with Gasteiger partial charge in [-0.2, -0.15) is 0 Å². The SMILES string of the molecule is CCN(CC)c1ccc(C(=O)NNC(=O)CCNS(=O)(=O)c2ccc(C(C)C)cc2)cc1. The second kappa shape index (κ2) is 11.6. The first kappa shape index (κ1) is 25.4. The number of carbonyl (C=O) groups excluding carboxylic acids is 2. The highest BCUT2D eigenvalue weighted by atomic mass is 32.2. The average Bonchev–Trinajstić information content (AvgIpc) is 2.78. The van der Waals surface area contributed by atoms with Crippen LogP contribution in [-0.4, -0.2) is 39.9 Å². The van der Waals surface area contributed by atoms with Crippen LogP contribution in [0, 0.1) is 0 Å². The molecule has 32 heavy (non-hydrogen) atoms. The van der Waals surface area contributed by atoms with Crippen molar-refractivity contribution in [3.05, 3.63) is 59.7 Å². The van der Waals surface area contributed by atoms with Gasteiger partial charge in [-0.05, 0) is 61.7 Å². The van der Waals surface area contributed by atoms with Crippen molar-refractivity contribution < 1.29 is 18.0 Å². The summed E-state index contributed by atoms with van der Waals surface area (Å²) >= 11 is 0. The minimum Gasteiger partial charge on any atom is -0.372 e. The summed E-state index contributed by atoms with van der Waals surface area (Å²) in [5, 5.41) is 0. The lowest BCUT2D eigenvalue weighted by Gasteiger charge is -2.21. The highest BCUT2D eigenvalue weighted by Gasteiger charge is 2.15. The number of nitrogens with zero attached hydrogens (tertiary/aromatic N) is 1. The summed E-state index contributed by atoms with van der Waals surface area (Å²) in [4.78, 5) is 26.5. The largest absolute Gasteiger partial charge is 0.372 e. The van der Waals surface area contributed by atoms with E-state index in [1.165, 1.54) is 0 Å². The number of hydrazine groups is 1. The Balaban J connectivity index is 1.79. The number of sulfonamides is 1. The zero-order valence-corrected chi connectivity index (χ0v) is 19.8. The Hall–Kier alpha value is -2.91. The second-order valence-corrected chi connectivity index (χ2v) is 9.36. The van der Waals surface area contributed by atoms with Crippen molar-refractivity contribution >= 4 is 27.5 Å². The van der Waals surface area contributed by atoms with Gasteiger partial charge in [0, 0.05) is 37.3 Å². The maximum absolute atomic E-state index is 12.3. The molecular weight excluding hydrogens is 428 g/mol. The fraction of sp³-hybridized carbons (Fsp3) is 0.391. The Bertz CT molecular complexity index is 999. The molecule has 0 aliphatic heterocycles. The summed E-state index contributed by atoms with van der Waals surface area (Å²) < 4.78 is 27.1. The van der Waals surface area contributed by atoms with Gasteiger partial charge in [-0.15, -0.1) is 0 Å². The van der Waals surface area contributed by atoms with E-state index in [2.05, 4.69) is 34.3 Å². The van der Waals surface area contributed by atoms with Crippen LogP contribution in [0.1, 0.15) is 56.0 Å². The third-order valence-corrected chi connectivity index (χ3v) is 6.55. The summed E-state index contributed by atoms with van der Waals surface area (Å²) in [5.41, 5.74) is 7.11. The summed E-state index contributed by atoms with van der Waals surface area (Å²) in [6.45, 7) is 9.82. The minimum absolute atomic E-state index is 0.0888. The molecule has 174 valence electrons. The third-order valence-electron chi connectivity index (χ3n) is 5.07. The van der Waals surface area contributed by atoms with Crippen LogP contribution in [-0.2, 0) is 14.8 Å². The molecule has 0 bridgehead atoms. The number of amides is 2. The molecule has 3 N–H and O–H groups in total. The number of hydrogen-bond donors (Lipinski definition) is 3. The van der Waals surface area contributed by atoms with Crippen molar-refractivity contribution in [2.75, 3.05) is 24.5 Å². The lowest BCUT2D eigenvalue weighted by Crippen LogP contribution is -2.42. The molecule has 8 nitrogen and oxygen atoms in total. The predicted octanol–water partition coefficient (Wildman–Crippen LogP) is 2.79. The topological polar surface area (TPSA) is 108 Å². The fourth-order valence-corrected chi connectivity index (χ4v) is 4.12. The highest BCUT2D eigenvalue weighted by Crippen LogP contribution is 2.17. The number of benzene rings is 2. The van der Waals surface area contributed by atoms with Crippen molar-refractivity contribution in [1.82, 2.24) is 15.6 Å². The predicted molar refractivity (Wildman–Crippen MR) is 126 cm³/mol. The van der Waals surface area contributed by atoms with Gasteiger partial charge < -0.3 is 4.90 Å². The van der Waals surface area contributed by atoms with Crippen LogP contribution in [0.3, 0.4) is 0 Å². The Morgan fingerprint density at radius 1 is 0.906 bits per heavy atom. The molecule has 0 saturated heterocycles. The fourth-order valence-electron chi connectivity index (χ4n) is 3.09. The van der Waals surface area contributed by atoms with Gasteiger partial charge >= 0.3 is 0 Å². The zero-order valence-electron chi connectivity index (χ0n) is 19.0. The van der Waals surface area contributed by atoms with Crippen LogP contribution in [0.25, 0.3) is 0 Å². The van der Waals surface area contributed by atoms with Crippen LogP contribution in [0.15, 0.2) is 53.4 Å². The van der Waals surface area contributed by atoms with Gasteiger partial charge in [-0.25, -0.2) is 13.1 Å². The van der Waals surface area contributed by atoms with Crippen molar-refractivity contribution in [3.8, 4) is 0 Å². The van der Waals surface area contributed by atoms with E-state index < -0.39 is 21.8 Å². The third kappa shape index (κ3) is 7.06. The summed E-state index contributed by atoms with van der Waals surface area (Å²) in [6, 6.07) is 13.7. The Morgan fingerprint density at radius 3 is 2.03 bits per heavy atom. The number of hydrogen-bond acceptors (Lipinski definition) is 5. The molecule has 9 heteroatoms. The number of rotatable bonds is 10. The monoisotopic (exact) mass is 460 g/mol. The average molecular weight is 461 g/mol. The van der Waals surface area contributed by atoms with E-state index >= 15 is 0 Å². The van der Waals surface area contributed by atoms with Crippen molar-refractivity contribution in [1.29, 1.82) is 0 Å². The molecule has 2 amide bonds. The van der Waals surface area contributed by atoms with E-state index in [-0.39, 0.29) is 17.9 Å². The van der Waals surface area contributed by atoms with E-state index in [1.807, 2.05) is 26.0 Å². The first-order valence-electron chi connectivity index (χ1n) is 10.7. The molecule has 2 aromatic rings. The molecule has 0 aliphatic rings. The van der Waals surface area contributed by atoms with Gasteiger partial charge in [-0.3, -0.25) is 20.4 Å². The number of nitrogens with one attached hydrogen (secondary N) is 3. The quantitative estimate of drug-likeness (QED) is 0.473. The van der Waals surface area contributed by atoms with Crippen molar-refractivity contribution in [2.45, 2.75) is 44.9 Å². The van der Waals surface area contributed by atoms with Gasteiger partial charge in [0.05, 0.1) is 4.90 Å². The lowest BCUT2D eigenvalue weighted by atomic mass is 10.0. The molecule has 0 aliphatic carbocycles. The van der Waals surface area contributed by atoms with Crippen LogP contribution in [0.4, 0.5) is 5.69 Å². The van der Waals surface area contributed by atoms with Crippen LogP contribution in [0.5, 0.6) is 0 Å². The second-order valence-electron chi connectivity index (χ2n) is 7.59. The first-order valence-corrected chi connectivity index (χ1v) is 12.2. The Kier molecular flexibility index (Phi) is 9.22. The summed E-state index contributed by atoms with van der Waals surface area (Å²) in [7, 11) is -3.71. The molecule has 0 aromatic heterocycles. The Morgan fingerprint density at radius 2 is 1.50 bits per heavy atom. The van der Waals surface area contributed by atoms with E-state index in [1.54, 1.807) is 36.4 Å². The molecule has 2 aromatic carbocycles. The first-order chi connectivity index (χ1) is 15.2. The van der Waals surface area contributed by atoms with E-state index in [9.17, 15) is 18.0 Å². The molecule has 0 radical (unpaired) electrons. The van der Waals surface area contributed by atoms with Gasteiger partial charge in [0.25, 0.3) is 5.91 Å². The normalized spacial score (nSPS) is 11.3. The van der Waals surface area contributed by atoms with Crippen LogP contribution < -0.4 is 20.5 Å². The van der Waals surface area contributed by atoms with Crippen LogP contribution in [0.2, 0.25) is 0 Å². The number of carbonyl (C=O) groups is 2. The van der Waals surface area contributed by atoms with Gasteiger partial charge in [-0.1, -0.05) is 26.0 Å². The van der Waals surface area contributed by atoms with Crippen molar-refractivity contribution in [2.24, 2.45) is 0 Å². The maximum atomic E-state index is 12.3. The summed E-state index contributed by atoms with van der Waals surface area (Å²) in [5.74, 6) is -0.648. The lowest BCUT2D eigenvalue weighted by molar-refractivity contribution is -0.121. The smallest absolute Gasteiger partial charge is 0.269 e. The van der Waals surface area contributed by atoms with Gasteiger partial charge in [0.2, 0.25) is 15.9 Å². The molecule has 2 rings (SSSR count). The van der Waals surface area contributed by atoms with Gasteiger partial charge in [0.1, 0.15) is 0 Å². The highest BCUT2D eigenvalue weighted by molar-refractivity contribution is 7.89. The van der Waals surface area contributed by atoms with E-state index in [0.717, 1.165) is 24.3 Å². The zero-order chi connectivity index (χ0) is 23.7. The molecule has 0 atom stereocenters. The van der Waals surface area contributed by atoms with E-state index in [4.69, 9.17) is 0 Å². The number of anilines is 1. The minimum atomic E-state index is -3.71. The van der Waals surface area contributed by atoms with Crippen molar-refractivity contribution in [3.63, 3.8) is 0 Å². The molecule has 0 spiro atoms.